The van der Waals surface area contributed by atoms with Gasteiger partial charge < -0.3 is 20.1 Å². The van der Waals surface area contributed by atoms with Gasteiger partial charge in [-0.3, -0.25) is 9.69 Å². The van der Waals surface area contributed by atoms with Crippen LogP contribution in [0.15, 0.2) is 48.8 Å². The van der Waals surface area contributed by atoms with Crippen LogP contribution in [0.5, 0.6) is 5.75 Å². The lowest BCUT2D eigenvalue weighted by molar-refractivity contribution is -0.111. The molecule has 1 unspecified atom stereocenters. The summed E-state index contributed by atoms with van der Waals surface area (Å²) in [6.45, 7) is 4.65. The number of aromatic nitrogens is 2. The molecular formula is C25H27ClFN5O3. The van der Waals surface area contributed by atoms with Gasteiger partial charge in [0.15, 0.2) is 0 Å². The summed E-state index contributed by atoms with van der Waals surface area (Å²) in [6, 6.07) is 8.22. The van der Waals surface area contributed by atoms with Crippen LogP contribution >= 0.6 is 11.6 Å². The fourth-order valence-electron chi connectivity index (χ4n) is 3.85. The van der Waals surface area contributed by atoms with Crippen LogP contribution in [0.2, 0.25) is 5.02 Å². The second kappa shape index (κ2) is 11.4. The van der Waals surface area contributed by atoms with Crippen molar-refractivity contribution >= 4 is 45.6 Å². The number of nitrogens with one attached hydrogen (secondary N) is 2. The summed E-state index contributed by atoms with van der Waals surface area (Å²) < 4.78 is 24.5. The minimum Gasteiger partial charge on any atom is -0.492 e. The van der Waals surface area contributed by atoms with Crippen LogP contribution < -0.4 is 15.4 Å². The number of benzene rings is 2. The van der Waals surface area contributed by atoms with E-state index in [1.807, 2.05) is 13.0 Å². The molecule has 1 aromatic heterocycles. The maximum Gasteiger partial charge on any atom is 0.248 e. The molecule has 2 heterocycles. The van der Waals surface area contributed by atoms with Gasteiger partial charge in [-0.1, -0.05) is 17.7 Å². The Kier molecular flexibility index (Phi) is 8.12. The fourth-order valence-corrected chi connectivity index (χ4v) is 4.03. The first-order chi connectivity index (χ1) is 17.0. The van der Waals surface area contributed by atoms with Gasteiger partial charge in [0.05, 0.1) is 29.4 Å². The number of nitrogens with zero attached hydrogens (tertiary/aromatic N) is 3. The Bertz CT molecular complexity index is 1240. The summed E-state index contributed by atoms with van der Waals surface area (Å²) >= 11 is 5.91. The normalized spacial score (nSPS) is 15.8. The Morgan fingerprint density at radius 1 is 1.31 bits per heavy atom. The monoisotopic (exact) mass is 499 g/mol. The number of amides is 1. The average molecular weight is 500 g/mol. The van der Waals surface area contributed by atoms with Crippen molar-refractivity contribution in [2.75, 3.05) is 44.0 Å². The quantitative estimate of drug-likeness (QED) is 0.388. The van der Waals surface area contributed by atoms with Crippen molar-refractivity contribution < 1.29 is 18.7 Å². The van der Waals surface area contributed by atoms with E-state index in [4.69, 9.17) is 21.1 Å². The molecule has 4 rings (SSSR count). The average Bonchev–Trinajstić information content (AvgIpc) is 2.83. The number of carbonyl (C=O) groups excluding carboxylic acids is 1. The zero-order chi connectivity index (χ0) is 24.8. The van der Waals surface area contributed by atoms with E-state index in [2.05, 4.69) is 25.5 Å². The van der Waals surface area contributed by atoms with Crippen LogP contribution in [0.3, 0.4) is 0 Å². The number of ether oxygens (including phenoxy) is 2. The largest absolute Gasteiger partial charge is 0.492 e. The number of carbonyl (C=O) groups is 1. The topological polar surface area (TPSA) is 88.6 Å². The van der Waals surface area contributed by atoms with Crippen LogP contribution in [0.1, 0.15) is 13.3 Å². The number of likely N-dealkylation sites (tertiary alicyclic amines) is 1. The third-order valence-electron chi connectivity index (χ3n) is 5.71. The Labute approximate surface area is 208 Å². The zero-order valence-electron chi connectivity index (χ0n) is 19.6. The summed E-state index contributed by atoms with van der Waals surface area (Å²) in [6.07, 6.45) is 5.88. The highest BCUT2D eigenvalue weighted by Gasteiger charge is 2.26. The standard InChI is InChI=1S/C25H27ClFN5O3/c1-3-35-23-13-21-18(25(29-15-28-21)30-16-6-7-20(27)19(26)11-16)12-22(23)31-24(33)5-4-9-32-10-8-17(32)14-34-2/h4-7,11-13,15,17H,3,8-10,14H2,1-2H3,(H,31,33)(H,28,29,30). The molecule has 0 radical (unpaired) electrons. The number of halogens is 2. The smallest absolute Gasteiger partial charge is 0.248 e. The van der Waals surface area contributed by atoms with Crippen LogP contribution in [-0.4, -0.2) is 60.2 Å². The van der Waals surface area contributed by atoms with Crippen LogP contribution in [0.25, 0.3) is 10.9 Å². The molecule has 0 spiro atoms. The summed E-state index contributed by atoms with van der Waals surface area (Å²) in [5, 5.41) is 6.68. The number of methoxy groups -OCH3 is 1. The molecule has 2 aromatic carbocycles. The molecule has 3 aromatic rings. The summed E-state index contributed by atoms with van der Waals surface area (Å²) in [7, 11) is 1.69. The second-order valence-corrected chi connectivity index (χ2v) is 8.47. The molecule has 184 valence electrons. The predicted molar refractivity (Wildman–Crippen MR) is 135 cm³/mol. The van der Waals surface area contributed by atoms with Gasteiger partial charge in [0.2, 0.25) is 5.91 Å². The van der Waals surface area contributed by atoms with E-state index < -0.39 is 5.82 Å². The van der Waals surface area contributed by atoms with E-state index in [0.29, 0.717) is 59.6 Å². The van der Waals surface area contributed by atoms with Crippen molar-refractivity contribution in [3.63, 3.8) is 0 Å². The van der Waals surface area contributed by atoms with Crippen LogP contribution in [0, 0.1) is 5.82 Å². The lowest BCUT2D eigenvalue weighted by atomic mass is 10.0. The van der Waals surface area contributed by atoms with Gasteiger partial charge in [0, 0.05) is 49.5 Å². The Morgan fingerprint density at radius 3 is 2.89 bits per heavy atom. The maximum atomic E-state index is 13.5. The highest BCUT2D eigenvalue weighted by molar-refractivity contribution is 6.31. The molecule has 0 aliphatic carbocycles. The molecule has 0 bridgehead atoms. The molecule has 2 N–H and O–H groups in total. The molecule has 1 amide bonds. The van der Waals surface area contributed by atoms with Crippen molar-refractivity contribution in [2.45, 2.75) is 19.4 Å². The molecule has 0 saturated carbocycles. The van der Waals surface area contributed by atoms with Gasteiger partial charge in [-0.05, 0) is 37.6 Å². The van der Waals surface area contributed by atoms with E-state index in [1.165, 1.54) is 24.5 Å². The molecule has 1 aliphatic rings. The van der Waals surface area contributed by atoms with Gasteiger partial charge in [0.1, 0.15) is 23.7 Å². The molecule has 1 fully saturated rings. The molecule has 1 atom stereocenters. The van der Waals surface area contributed by atoms with Crippen molar-refractivity contribution in [1.82, 2.24) is 14.9 Å². The van der Waals surface area contributed by atoms with Crippen LogP contribution in [-0.2, 0) is 9.53 Å². The van der Waals surface area contributed by atoms with Gasteiger partial charge >= 0.3 is 0 Å². The minimum absolute atomic E-state index is 0.00139. The number of rotatable bonds is 10. The first-order valence-electron chi connectivity index (χ1n) is 11.3. The summed E-state index contributed by atoms with van der Waals surface area (Å²) in [4.78, 5) is 23.5. The second-order valence-electron chi connectivity index (χ2n) is 8.06. The molecular weight excluding hydrogens is 473 g/mol. The van der Waals surface area contributed by atoms with Gasteiger partial charge in [-0.25, -0.2) is 14.4 Å². The number of fused-ring (bicyclic) bond motifs is 1. The van der Waals surface area contributed by atoms with Crippen molar-refractivity contribution in [3.8, 4) is 5.75 Å². The third kappa shape index (κ3) is 6.05. The Hall–Kier alpha value is -3.27. The van der Waals surface area contributed by atoms with Gasteiger partial charge in [0.25, 0.3) is 0 Å². The first kappa shape index (κ1) is 24.8. The number of anilines is 3. The third-order valence-corrected chi connectivity index (χ3v) is 6.00. The van der Waals surface area contributed by atoms with Gasteiger partial charge in [-0.15, -0.1) is 0 Å². The van der Waals surface area contributed by atoms with E-state index in [-0.39, 0.29) is 10.9 Å². The van der Waals surface area contributed by atoms with E-state index in [9.17, 15) is 9.18 Å². The Morgan fingerprint density at radius 2 is 2.17 bits per heavy atom. The predicted octanol–water partition coefficient (Wildman–Crippen LogP) is 4.78. The molecule has 1 aliphatic heterocycles. The SMILES string of the molecule is CCOc1cc2ncnc(Nc3ccc(F)c(Cl)c3)c2cc1NC(=O)C=CCN1CCC1COC. The van der Waals surface area contributed by atoms with Crippen molar-refractivity contribution in [3.05, 3.63) is 59.7 Å². The Balaban J connectivity index is 1.54. The summed E-state index contributed by atoms with van der Waals surface area (Å²) in [5.74, 6) is 0.200. The van der Waals surface area contributed by atoms with Gasteiger partial charge in [-0.2, -0.15) is 0 Å². The number of hydrogen-bond acceptors (Lipinski definition) is 7. The maximum absolute atomic E-state index is 13.5. The fraction of sp³-hybridized carbons (Fsp3) is 0.320. The summed E-state index contributed by atoms with van der Waals surface area (Å²) in [5.41, 5.74) is 1.68. The highest BCUT2D eigenvalue weighted by Crippen LogP contribution is 2.34. The number of hydrogen-bond donors (Lipinski definition) is 2. The lowest BCUT2D eigenvalue weighted by Gasteiger charge is -2.39. The van der Waals surface area contributed by atoms with E-state index in [1.54, 1.807) is 25.3 Å². The molecule has 10 heteroatoms. The lowest BCUT2D eigenvalue weighted by Crippen LogP contribution is -2.50. The highest BCUT2D eigenvalue weighted by atomic mass is 35.5. The van der Waals surface area contributed by atoms with Crippen molar-refractivity contribution in [1.29, 1.82) is 0 Å². The van der Waals surface area contributed by atoms with E-state index in [0.717, 1.165) is 13.0 Å². The molecule has 8 nitrogen and oxygen atoms in total. The zero-order valence-corrected chi connectivity index (χ0v) is 20.3. The van der Waals surface area contributed by atoms with E-state index >= 15 is 0 Å². The molecule has 1 saturated heterocycles. The first-order valence-corrected chi connectivity index (χ1v) is 11.7. The minimum atomic E-state index is -0.507. The molecule has 35 heavy (non-hydrogen) atoms. The van der Waals surface area contributed by atoms with Crippen molar-refractivity contribution in [2.24, 2.45) is 0 Å². The van der Waals surface area contributed by atoms with Crippen LogP contribution in [0.4, 0.5) is 21.6 Å².